The summed E-state index contributed by atoms with van der Waals surface area (Å²) in [6.45, 7) is 9.14. The molecule has 2 N–H and O–H groups in total. The number of hydrogen-bond donors (Lipinski definition) is 2. The third-order valence-corrected chi connectivity index (χ3v) is 4.56. The molecule has 0 aliphatic carbocycles. The molecule has 2 heterocycles. The molecule has 1 aliphatic rings. The Hall–Kier alpha value is -3.33. The molecule has 9 nitrogen and oxygen atoms in total. The minimum atomic E-state index is -0.466. The van der Waals surface area contributed by atoms with Crippen LogP contribution in [0.5, 0.6) is 5.88 Å². The lowest BCUT2D eigenvalue weighted by Crippen LogP contribution is -2.36. The van der Waals surface area contributed by atoms with Gasteiger partial charge >= 0.3 is 6.09 Å². The van der Waals surface area contributed by atoms with Gasteiger partial charge in [0, 0.05) is 30.9 Å². The van der Waals surface area contributed by atoms with E-state index < -0.39 is 6.09 Å². The SMILES string of the molecule is Cc1cccc(/C=N/Nc2cc(N3CCOCC3)cc(OCCNC(=O)OC(C)C)n2)c1. The van der Waals surface area contributed by atoms with Gasteiger partial charge in [-0.1, -0.05) is 29.8 Å². The van der Waals surface area contributed by atoms with Crippen LogP contribution >= 0.6 is 0 Å². The molecule has 1 aromatic carbocycles. The van der Waals surface area contributed by atoms with Gasteiger partial charge in [0.05, 0.1) is 32.1 Å². The van der Waals surface area contributed by atoms with Gasteiger partial charge in [-0.2, -0.15) is 10.1 Å². The zero-order valence-corrected chi connectivity index (χ0v) is 18.8. The zero-order chi connectivity index (χ0) is 22.8. The monoisotopic (exact) mass is 441 g/mol. The van der Waals surface area contributed by atoms with Crippen LogP contribution in [-0.2, 0) is 9.47 Å². The van der Waals surface area contributed by atoms with E-state index in [-0.39, 0.29) is 12.7 Å². The zero-order valence-electron chi connectivity index (χ0n) is 18.8. The molecule has 32 heavy (non-hydrogen) atoms. The van der Waals surface area contributed by atoms with Crippen LogP contribution in [0.4, 0.5) is 16.3 Å². The van der Waals surface area contributed by atoms with Gasteiger partial charge in [0.2, 0.25) is 5.88 Å². The predicted octanol–water partition coefficient (Wildman–Crippen LogP) is 3.19. The van der Waals surface area contributed by atoms with E-state index in [1.54, 1.807) is 20.1 Å². The van der Waals surface area contributed by atoms with Crippen LogP contribution in [0.1, 0.15) is 25.0 Å². The topological polar surface area (TPSA) is 97.3 Å². The number of hydrogen-bond acceptors (Lipinski definition) is 8. The molecule has 1 saturated heterocycles. The second kappa shape index (κ2) is 11.9. The Kier molecular flexibility index (Phi) is 8.68. The number of carbonyl (C=O) groups is 1. The summed E-state index contributed by atoms with van der Waals surface area (Å²) >= 11 is 0. The summed E-state index contributed by atoms with van der Waals surface area (Å²) in [4.78, 5) is 18.3. The maximum atomic E-state index is 11.6. The van der Waals surface area contributed by atoms with Gasteiger partial charge in [0.1, 0.15) is 6.61 Å². The van der Waals surface area contributed by atoms with Crippen molar-refractivity contribution in [3.8, 4) is 5.88 Å². The second-order valence-electron chi connectivity index (χ2n) is 7.66. The largest absolute Gasteiger partial charge is 0.476 e. The van der Waals surface area contributed by atoms with Crippen molar-refractivity contribution in [3.05, 3.63) is 47.5 Å². The minimum Gasteiger partial charge on any atom is -0.476 e. The van der Waals surface area contributed by atoms with E-state index in [1.807, 2.05) is 37.3 Å². The number of rotatable bonds is 9. The minimum absolute atomic E-state index is 0.170. The van der Waals surface area contributed by atoms with Gasteiger partial charge in [-0.05, 0) is 26.3 Å². The van der Waals surface area contributed by atoms with Gasteiger partial charge in [-0.15, -0.1) is 0 Å². The molecule has 9 heteroatoms. The van der Waals surface area contributed by atoms with Crippen molar-refractivity contribution in [2.75, 3.05) is 49.8 Å². The van der Waals surface area contributed by atoms with Crippen LogP contribution in [0, 0.1) is 6.92 Å². The van der Waals surface area contributed by atoms with Crippen molar-refractivity contribution < 1.29 is 19.0 Å². The number of ether oxygens (including phenoxy) is 3. The van der Waals surface area contributed by atoms with Crippen LogP contribution in [-0.4, -0.2) is 62.9 Å². The average Bonchev–Trinajstić information content (AvgIpc) is 2.77. The van der Waals surface area contributed by atoms with E-state index in [0.29, 0.717) is 31.5 Å². The maximum absolute atomic E-state index is 11.6. The van der Waals surface area contributed by atoms with E-state index >= 15 is 0 Å². The van der Waals surface area contributed by atoms with Crippen LogP contribution in [0.2, 0.25) is 0 Å². The van der Waals surface area contributed by atoms with Gasteiger partial charge in [-0.25, -0.2) is 4.79 Å². The van der Waals surface area contributed by atoms with Gasteiger partial charge in [0.15, 0.2) is 5.82 Å². The number of anilines is 2. The third kappa shape index (κ3) is 7.73. The smallest absolute Gasteiger partial charge is 0.407 e. The molecule has 1 aromatic heterocycles. The number of nitrogens with zero attached hydrogens (tertiary/aromatic N) is 3. The predicted molar refractivity (Wildman–Crippen MR) is 125 cm³/mol. The normalized spacial score (nSPS) is 13.9. The Labute approximate surface area is 188 Å². The summed E-state index contributed by atoms with van der Waals surface area (Å²) in [6, 6.07) is 11.9. The van der Waals surface area contributed by atoms with Crippen molar-refractivity contribution in [2.45, 2.75) is 26.9 Å². The molecule has 3 rings (SSSR count). The summed E-state index contributed by atoms with van der Waals surface area (Å²) in [5.74, 6) is 1.02. The van der Waals surface area contributed by atoms with Gasteiger partial charge < -0.3 is 24.4 Å². The first-order valence-corrected chi connectivity index (χ1v) is 10.8. The number of pyridine rings is 1. The van der Waals surface area contributed by atoms with Gasteiger partial charge in [0.25, 0.3) is 0 Å². The van der Waals surface area contributed by atoms with Crippen molar-refractivity contribution in [1.29, 1.82) is 0 Å². The van der Waals surface area contributed by atoms with Crippen molar-refractivity contribution in [3.63, 3.8) is 0 Å². The fraction of sp³-hybridized carbons (Fsp3) is 0.435. The molecule has 0 bridgehead atoms. The lowest BCUT2D eigenvalue weighted by Gasteiger charge is -2.29. The fourth-order valence-corrected chi connectivity index (χ4v) is 3.11. The van der Waals surface area contributed by atoms with Crippen LogP contribution in [0.3, 0.4) is 0 Å². The first kappa shape index (κ1) is 23.3. The summed E-state index contributed by atoms with van der Waals surface area (Å²) < 4.78 is 16.3. The second-order valence-corrected chi connectivity index (χ2v) is 7.66. The Morgan fingerprint density at radius 3 is 2.84 bits per heavy atom. The summed E-state index contributed by atoms with van der Waals surface area (Å²) in [7, 11) is 0. The molecule has 172 valence electrons. The van der Waals surface area contributed by atoms with Crippen molar-refractivity contribution in [2.24, 2.45) is 5.10 Å². The molecule has 2 aromatic rings. The first-order valence-electron chi connectivity index (χ1n) is 10.8. The molecule has 0 saturated carbocycles. The van der Waals surface area contributed by atoms with Crippen LogP contribution in [0.25, 0.3) is 0 Å². The highest BCUT2D eigenvalue weighted by molar-refractivity contribution is 5.80. The number of alkyl carbamates (subject to hydrolysis) is 1. The fourth-order valence-electron chi connectivity index (χ4n) is 3.11. The van der Waals surface area contributed by atoms with Crippen molar-refractivity contribution >= 4 is 23.8 Å². The first-order chi connectivity index (χ1) is 15.5. The van der Waals surface area contributed by atoms with E-state index in [0.717, 1.165) is 24.3 Å². The third-order valence-electron chi connectivity index (χ3n) is 4.56. The maximum Gasteiger partial charge on any atom is 0.407 e. The van der Waals surface area contributed by atoms with E-state index in [4.69, 9.17) is 14.2 Å². The van der Waals surface area contributed by atoms with Crippen LogP contribution < -0.4 is 20.4 Å². The van der Waals surface area contributed by atoms with Crippen molar-refractivity contribution in [1.82, 2.24) is 10.3 Å². The molecule has 0 unspecified atom stereocenters. The quantitative estimate of drug-likeness (QED) is 0.350. The lowest BCUT2D eigenvalue weighted by molar-refractivity contribution is 0.114. The number of carbonyl (C=O) groups excluding carboxylic acids is 1. The number of nitrogens with one attached hydrogen (secondary N) is 2. The highest BCUT2D eigenvalue weighted by Crippen LogP contribution is 2.24. The van der Waals surface area contributed by atoms with Gasteiger partial charge in [-0.3, -0.25) is 5.43 Å². The molecular weight excluding hydrogens is 410 g/mol. The number of amides is 1. The molecule has 1 amide bonds. The van der Waals surface area contributed by atoms with Crippen LogP contribution in [0.15, 0.2) is 41.5 Å². The Morgan fingerprint density at radius 2 is 2.09 bits per heavy atom. The highest BCUT2D eigenvalue weighted by atomic mass is 16.6. The number of benzene rings is 1. The Bertz CT molecular complexity index is 913. The average molecular weight is 442 g/mol. The number of morpholine rings is 1. The molecule has 0 spiro atoms. The van der Waals surface area contributed by atoms with E-state index in [1.165, 1.54) is 5.56 Å². The number of aromatic nitrogens is 1. The number of aryl methyl sites for hydroxylation is 1. The lowest BCUT2D eigenvalue weighted by atomic mass is 10.2. The Morgan fingerprint density at radius 1 is 1.28 bits per heavy atom. The molecule has 0 radical (unpaired) electrons. The molecule has 1 aliphatic heterocycles. The highest BCUT2D eigenvalue weighted by Gasteiger charge is 2.14. The molecular formula is C23H31N5O4. The van der Waals surface area contributed by atoms with E-state index in [9.17, 15) is 4.79 Å². The standard InChI is InChI=1S/C23H31N5O4/c1-17(2)32-23(29)24-7-10-31-22-15-20(28-8-11-30-12-9-28)14-21(26-22)27-25-16-19-6-4-5-18(3)13-19/h4-6,13-17H,7-12H2,1-3H3,(H,24,29)(H,26,27)/b25-16+. The molecule has 1 fully saturated rings. The molecule has 0 atom stereocenters. The Balaban J connectivity index is 1.64. The summed E-state index contributed by atoms with van der Waals surface area (Å²) in [5, 5.41) is 6.97. The van der Waals surface area contributed by atoms with E-state index in [2.05, 4.69) is 31.8 Å². The summed E-state index contributed by atoms with van der Waals surface area (Å²) in [5.41, 5.74) is 6.13. The summed E-state index contributed by atoms with van der Waals surface area (Å²) in [6.07, 6.45) is 1.11. The number of hydrazone groups is 1.